The summed E-state index contributed by atoms with van der Waals surface area (Å²) in [4.78, 5) is 14.5. The molecule has 6 nitrogen and oxygen atoms in total. The number of nitrogens with zero attached hydrogens (tertiary/aromatic N) is 4. The fourth-order valence-electron chi connectivity index (χ4n) is 2.11. The molecule has 1 heterocycles. The van der Waals surface area contributed by atoms with Crippen LogP contribution in [0.5, 0.6) is 0 Å². The second kappa shape index (κ2) is 6.65. The molecule has 2 aromatic carbocycles. The zero-order chi connectivity index (χ0) is 16.1. The first-order chi connectivity index (χ1) is 11.2. The van der Waals surface area contributed by atoms with Crippen molar-refractivity contribution in [1.82, 2.24) is 9.78 Å². The molecule has 3 aromatic rings. The van der Waals surface area contributed by atoms with Crippen molar-refractivity contribution < 1.29 is 4.92 Å². The van der Waals surface area contributed by atoms with E-state index in [0.717, 1.165) is 11.3 Å². The van der Waals surface area contributed by atoms with E-state index >= 15 is 0 Å². The Morgan fingerprint density at radius 1 is 1.13 bits per heavy atom. The Hall–Kier alpha value is -3.28. The van der Waals surface area contributed by atoms with E-state index in [-0.39, 0.29) is 5.69 Å². The second-order valence-electron chi connectivity index (χ2n) is 4.99. The number of hydrogen-bond acceptors (Lipinski definition) is 4. The van der Waals surface area contributed by atoms with Gasteiger partial charge in [-0.3, -0.25) is 19.8 Å². The van der Waals surface area contributed by atoms with Crippen molar-refractivity contribution in [2.75, 3.05) is 0 Å². The van der Waals surface area contributed by atoms with Gasteiger partial charge in [-0.25, -0.2) is 0 Å². The molecule has 0 aliphatic heterocycles. The van der Waals surface area contributed by atoms with Crippen LogP contribution in [0, 0.1) is 10.1 Å². The molecular formula is C17H14N4O2. The Balaban J connectivity index is 1.67. The van der Waals surface area contributed by atoms with Crippen LogP contribution in [0.4, 0.5) is 11.4 Å². The minimum Gasteiger partial charge on any atom is -0.266 e. The summed E-state index contributed by atoms with van der Waals surface area (Å²) in [5, 5.41) is 14.9. The Morgan fingerprint density at radius 2 is 1.87 bits per heavy atom. The summed E-state index contributed by atoms with van der Waals surface area (Å²) in [6, 6.07) is 16.3. The standard InChI is InChI=1S/C17H14N4O2/c22-21(23)17-8-6-14(7-9-17)10-18-16-11-19-20(13-16)12-15-4-2-1-3-5-15/h1-11,13H,12H2. The summed E-state index contributed by atoms with van der Waals surface area (Å²) in [5.41, 5.74) is 2.77. The van der Waals surface area contributed by atoms with Crippen molar-refractivity contribution in [1.29, 1.82) is 0 Å². The fourth-order valence-corrected chi connectivity index (χ4v) is 2.11. The molecule has 0 saturated carbocycles. The van der Waals surface area contributed by atoms with Gasteiger partial charge in [-0.05, 0) is 23.3 Å². The highest BCUT2D eigenvalue weighted by Crippen LogP contribution is 2.14. The first kappa shape index (κ1) is 14.6. The highest BCUT2D eigenvalue weighted by Gasteiger charge is 2.03. The number of aliphatic imine (C=N–C) groups is 1. The number of rotatable bonds is 5. The van der Waals surface area contributed by atoms with Crippen molar-refractivity contribution >= 4 is 17.6 Å². The lowest BCUT2D eigenvalue weighted by Gasteiger charge is -2.00. The van der Waals surface area contributed by atoms with Gasteiger partial charge < -0.3 is 0 Å². The van der Waals surface area contributed by atoms with Crippen LogP contribution in [0.25, 0.3) is 0 Å². The van der Waals surface area contributed by atoms with E-state index in [1.807, 2.05) is 41.2 Å². The van der Waals surface area contributed by atoms with Crippen molar-refractivity contribution in [3.8, 4) is 0 Å². The molecule has 0 fully saturated rings. The van der Waals surface area contributed by atoms with E-state index in [4.69, 9.17) is 0 Å². The van der Waals surface area contributed by atoms with Gasteiger partial charge in [-0.2, -0.15) is 5.10 Å². The summed E-state index contributed by atoms with van der Waals surface area (Å²) < 4.78 is 1.82. The van der Waals surface area contributed by atoms with Gasteiger partial charge >= 0.3 is 0 Å². The lowest BCUT2D eigenvalue weighted by molar-refractivity contribution is -0.384. The number of hydrogen-bond donors (Lipinski definition) is 0. The second-order valence-corrected chi connectivity index (χ2v) is 4.99. The zero-order valence-electron chi connectivity index (χ0n) is 12.2. The fraction of sp³-hybridized carbons (Fsp3) is 0.0588. The number of nitro groups is 1. The molecule has 0 N–H and O–H groups in total. The first-order valence-corrected chi connectivity index (χ1v) is 7.05. The zero-order valence-corrected chi connectivity index (χ0v) is 12.2. The quantitative estimate of drug-likeness (QED) is 0.411. The lowest BCUT2D eigenvalue weighted by Crippen LogP contribution is -1.98. The van der Waals surface area contributed by atoms with E-state index in [9.17, 15) is 10.1 Å². The minimum atomic E-state index is -0.422. The lowest BCUT2D eigenvalue weighted by atomic mass is 10.2. The van der Waals surface area contributed by atoms with Crippen LogP contribution in [0.3, 0.4) is 0 Å². The summed E-state index contributed by atoms with van der Waals surface area (Å²) in [5.74, 6) is 0. The summed E-state index contributed by atoms with van der Waals surface area (Å²) in [6.45, 7) is 0.688. The highest BCUT2D eigenvalue weighted by molar-refractivity contribution is 5.82. The van der Waals surface area contributed by atoms with Gasteiger partial charge in [0.15, 0.2) is 0 Å². The van der Waals surface area contributed by atoms with Gasteiger partial charge in [-0.15, -0.1) is 0 Å². The largest absolute Gasteiger partial charge is 0.269 e. The monoisotopic (exact) mass is 306 g/mol. The molecule has 0 unspecified atom stereocenters. The van der Waals surface area contributed by atoms with Gasteiger partial charge in [-0.1, -0.05) is 30.3 Å². The van der Waals surface area contributed by atoms with Crippen molar-refractivity contribution in [2.24, 2.45) is 4.99 Å². The third-order valence-corrected chi connectivity index (χ3v) is 3.27. The third-order valence-electron chi connectivity index (χ3n) is 3.27. The third kappa shape index (κ3) is 3.88. The minimum absolute atomic E-state index is 0.0674. The molecule has 0 radical (unpaired) electrons. The molecule has 23 heavy (non-hydrogen) atoms. The molecule has 0 aliphatic rings. The van der Waals surface area contributed by atoms with E-state index < -0.39 is 4.92 Å². The Morgan fingerprint density at radius 3 is 2.57 bits per heavy atom. The van der Waals surface area contributed by atoms with Crippen LogP contribution in [0.2, 0.25) is 0 Å². The van der Waals surface area contributed by atoms with Crippen LogP contribution < -0.4 is 0 Å². The average molecular weight is 306 g/mol. The van der Waals surface area contributed by atoms with Crippen molar-refractivity contribution in [2.45, 2.75) is 6.54 Å². The summed E-state index contributed by atoms with van der Waals surface area (Å²) in [7, 11) is 0. The molecular weight excluding hydrogens is 292 g/mol. The van der Waals surface area contributed by atoms with Crippen LogP contribution in [-0.4, -0.2) is 20.9 Å². The molecule has 0 atom stereocenters. The van der Waals surface area contributed by atoms with E-state index in [1.54, 1.807) is 24.5 Å². The first-order valence-electron chi connectivity index (χ1n) is 7.05. The summed E-state index contributed by atoms with van der Waals surface area (Å²) in [6.07, 6.45) is 5.20. The molecule has 0 bridgehead atoms. The molecule has 3 rings (SSSR count). The molecule has 6 heteroatoms. The Labute approximate surface area is 132 Å². The van der Waals surface area contributed by atoms with E-state index in [2.05, 4.69) is 10.1 Å². The number of nitro benzene ring substituents is 1. The maximum Gasteiger partial charge on any atom is 0.269 e. The molecule has 1 aromatic heterocycles. The predicted molar refractivity (Wildman–Crippen MR) is 88.1 cm³/mol. The van der Waals surface area contributed by atoms with Gasteiger partial charge in [0.25, 0.3) is 5.69 Å². The highest BCUT2D eigenvalue weighted by atomic mass is 16.6. The Kier molecular flexibility index (Phi) is 4.24. The molecule has 0 saturated heterocycles. The molecule has 0 amide bonds. The molecule has 0 aliphatic carbocycles. The van der Waals surface area contributed by atoms with Gasteiger partial charge in [0, 0.05) is 18.3 Å². The van der Waals surface area contributed by atoms with E-state index in [0.29, 0.717) is 6.54 Å². The van der Waals surface area contributed by atoms with E-state index in [1.165, 1.54) is 17.7 Å². The number of aromatic nitrogens is 2. The number of non-ortho nitro benzene ring substituents is 1. The van der Waals surface area contributed by atoms with Gasteiger partial charge in [0.1, 0.15) is 5.69 Å². The predicted octanol–water partition coefficient (Wildman–Crippen LogP) is 3.59. The smallest absolute Gasteiger partial charge is 0.266 e. The topological polar surface area (TPSA) is 73.3 Å². The maximum absolute atomic E-state index is 10.6. The number of benzene rings is 2. The van der Waals surface area contributed by atoms with Gasteiger partial charge in [0.2, 0.25) is 0 Å². The summed E-state index contributed by atoms with van der Waals surface area (Å²) >= 11 is 0. The van der Waals surface area contributed by atoms with Crippen molar-refractivity contribution in [3.63, 3.8) is 0 Å². The van der Waals surface area contributed by atoms with Crippen LogP contribution in [0.1, 0.15) is 11.1 Å². The van der Waals surface area contributed by atoms with Crippen LogP contribution in [0.15, 0.2) is 72.0 Å². The average Bonchev–Trinajstić information content (AvgIpc) is 3.02. The Bertz CT molecular complexity index is 823. The van der Waals surface area contributed by atoms with Crippen molar-refractivity contribution in [3.05, 3.63) is 88.2 Å². The normalized spacial score (nSPS) is 11.0. The molecule has 114 valence electrons. The molecule has 0 spiro atoms. The van der Waals surface area contributed by atoms with Crippen LogP contribution >= 0.6 is 0 Å². The SMILES string of the molecule is O=[N+]([O-])c1ccc(C=Nc2cnn(Cc3ccccc3)c2)cc1. The van der Waals surface area contributed by atoms with Crippen LogP contribution in [-0.2, 0) is 6.54 Å². The van der Waals surface area contributed by atoms with Gasteiger partial charge in [0.05, 0.1) is 23.9 Å². The maximum atomic E-state index is 10.6.